The van der Waals surface area contributed by atoms with Crippen LogP contribution < -0.4 is 4.74 Å². The van der Waals surface area contributed by atoms with Crippen molar-refractivity contribution < 1.29 is 19.4 Å². The van der Waals surface area contributed by atoms with Gasteiger partial charge in [0.15, 0.2) is 11.6 Å². The third kappa shape index (κ3) is 2.89. The molecule has 138 valence electrons. The second kappa shape index (κ2) is 7.16. The fourth-order valence-electron chi connectivity index (χ4n) is 3.45. The van der Waals surface area contributed by atoms with Crippen LogP contribution in [0.25, 0.3) is 6.08 Å². The van der Waals surface area contributed by atoms with E-state index in [-0.39, 0.29) is 46.2 Å². The van der Waals surface area contributed by atoms with Crippen LogP contribution in [-0.4, -0.2) is 16.7 Å². The van der Waals surface area contributed by atoms with Crippen LogP contribution in [0, 0.1) is 0 Å². The molecule has 0 amide bonds. The molecule has 0 atom stereocenters. The number of phenols is 1. The average Bonchev–Trinajstić information content (AvgIpc) is 2.71. The second-order valence-corrected chi connectivity index (χ2v) is 6.54. The van der Waals surface area contributed by atoms with E-state index in [4.69, 9.17) is 4.74 Å². The molecule has 0 bridgehead atoms. The first kappa shape index (κ1) is 17.7. The van der Waals surface area contributed by atoms with E-state index in [2.05, 4.69) is 0 Å². The normalized spacial score (nSPS) is 12.8. The van der Waals surface area contributed by atoms with E-state index in [1.54, 1.807) is 24.3 Å². The molecule has 0 spiro atoms. The van der Waals surface area contributed by atoms with Gasteiger partial charge < -0.3 is 9.84 Å². The lowest BCUT2D eigenvalue weighted by atomic mass is 9.82. The molecule has 4 rings (SSSR count). The van der Waals surface area contributed by atoms with Gasteiger partial charge in [0, 0.05) is 16.7 Å². The summed E-state index contributed by atoms with van der Waals surface area (Å²) in [7, 11) is 0. The highest BCUT2D eigenvalue weighted by molar-refractivity contribution is 6.30. The van der Waals surface area contributed by atoms with E-state index in [0.717, 1.165) is 11.1 Å². The standard InChI is InChI=1S/C24H18O4/c1-2-7-16-12-13-18-21(24(16)28-14-15-8-4-3-5-9-15)23(27)17-10-6-11-19(25)20(17)22(18)26/h2-13,25H,14H2,1H3/b7-2+. The summed E-state index contributed by atoms with van der Waals surface area (Å²) in [6, 6.07) is 17.5. The van der Waals surface area contributed by atoms with Gasteiger partial charge in [0.05, 0.1) is 11.1 Å². The molecule has 1 aliphatic rings. The van der Waals surface area contributed by atoms with E-state index < -0.39 is 0 Å². The van der Waals surface area contributed by atoms with Crippen LogP contribution in [0.3, 0.4) is 0 Å². The fraction of sp³-hybridized carbons (Fsp3) is 0.0833. The predicted molar refractivity (Wildman–Crippen MR) is 107 cm³/mol. The molecule has 0 saturated carbocycles. The van der Waals surface area contributed by atoms with Crippen LogP contribution in [0.4, 0.5) is 0 Å². The van der Waals surface area contributed by atoms with Crippen molar-refractivity contribution in [3.8, 4) is 11.5 Å². The van der Waals surface area contributed by atoms with Gasteiger partial charge in [-0.25, -0.2) is 0 Å². The molecule has 0 heterocycles. The fourth-order valence-corrected chi connectivity index (χ4v) is 3.45. The molecule has 4 heteroatoms. The van der Waals surface area contributed by atoms with Crippen molar-refractivity contribution in [2.45, 2.75) is 13.5 Å². The maximum atomic E-state index is 13.2. The van der Waals surface area contributed by atoms with Crippen LogP contribution in [0.5, 0.6) is 11.5 Å². The Bertz CT molecular complexity index is 1110. The number of ether oxygens (including phenoxy) is 1. The number of hydrogen-bond acceptors (Lipinski definition) is 4. The summed E-state index contributed by atoms with van der Waals surface area (Å²) < 4.78 is 6.05. The Morgan fingerprint density at radius 3 is 2.32 bits per heavy atom. The lowest BCUT2D eigenvalue weighted by Gasteiger charge is -2.22. The first-order chi connectivity index (χ1) is 13.6. The predicted octanol–water partition coefficient (Wildman–Crippen LogP) is 4.78. The molecule has 0 aromatic heterocycles. The molecule has 3 aromatic rings. The molecule has 0 radical (unpaired) electrons. The van der Waals surface area contributed by atoms with E-state index in [1.807, 2.05) is 49.4 Å². The summed E-state index contributed by atoms with van der Waals surface area (Å²) in [5.74, 6) is -0.508. The van der Waals surface area contributed by atoms with Gasteiger partial charge in [-0.1, -0.05) is 60.7 Å². The van der Waals surface area contributed by atoms with Crippen molar-refractivity contribution in [1.82, 2.24) is 0 Å². The van der Waals surface area contributed by atoms with Crippen molar-refractivity contribution in [3.05, 3.63) is 100 Å². The molecule has 1 aliphatic carbocycles. The van der Waals surface area contributed by atoms with Crippen molar-refractivity contribution in [3.63, 3.8) is 0 Å². The Balaban J connectivity index is 1.86. The Hall–Kier alpha value is -3.66. The third-order valence-electron chi connectivity index (χ3n) is 4.75. The van der Waals surface area contributed by atoms with Gasteiger partial charge >= 0.3 is 0 Å². The zero-order chi connectivity index (χ0) is 19.7. The van der Waals surface area contributed by atoms with Crippen molar-refractivity contribution >= 4 is 17.6 Å². The van der Waals surface area contributed by atoms with Crippen LogP contribution >= 0.6 is 0 Å². The van der Waals surface area contributed by atoms with Crippen LogP contribution in [-0.2, 0) is 6.61 Å². The summed E-state index contributed by atoms with van der Waals surface area (Å²) in [5.41, 5.74) is 2.42. The van der Waals surface area contributed by atoms with Crippen LogP contribution in [0.2, 0.25) is 0 Å². The second-order valence-electron chi connectivity index (χ2n) is 6.54. The zero-order valence-corrected chi connectivity index (χ0v) is 15.3. The Labute approximate surface area is 162 Å². The molecule has 1 N–H and O–H groups in total. The maximum Gasteiger partial charge on any atom is 0.198 e. The number of ketones is 2. The van der Waals surface area contributed by atoms with E-state index in [1.165, 1.54) is 6.07 Å². The summed E-state index contributed by atoms with van der Waals surface area (Å²) >= 11 is 0. The lowest BCUT2D eigenvalue weighted by molar-refractivity contribution is 0.0973. The number of phenolic OH excluding ortho intramolecular Hbond substituents is 1. The van der Waals surface area contributed by atoms with Gasteiger partial charge in [-0.05, 0) is 24.6 Å². The monoisotopic (exact) mass is 370 g/mol. The van der Waals surface area contributed by atoms with Gasteiger partial charge in [0.25, 0.3) is 0 Å². The maximum absolute atomic E-state index is 13.2. The lowest BCUT2D eigenvalue weighted by Crippen LogP contribution is -2.22. The minimum atomic E-state index is -0.376. The van der Waals surface area contributed by atoms with Gasteiger partial charge in [-0.3, -0.25) is 9.59 Å². The summed E-state index contributed by atoms with van der Waals surface area (Å²) in [4.78, 5) is 26.2. The highest BCUT2D eigenvalue weighted by Gasteiger charge is 2.35. The first-order valence-electron chi connectivity index (χ1n) is 8.99. The Morgan fingerprint density at radius 2 is 1.57 bits per heavy atom. The van der Waals surface area contributed by atoms with E-state index in [0.29, 0.717) is 5.75 Å². The molecule has 3 aromatic carbocycles. The van der Waals surface area contributed by atoms with Crippen molar-refractivity contribution in [1.29, 1.82) is 0 Å². The largest absolute Gasteiger partial charge is 0.507 e. The third-order valence-corrected chi connectivity index (χ3v) is 4.75. The number of benzene rings is 3. The van der Waals surface area contributed by atoms with Gasteiger partial charge in [-0.2, -0.15) is 0 Å². The first-order valence-corrected chi connectivity index (χ1v) is 8.99. The Morgan fingerprint density at radius 1 is 0.857 bits per heavy atom. The minimum absolute atomic E-state index is 0.0489. The summed E-state index contributed by atoms with van der Waals surface area (Å²) in [6.07, 6.45) is 3.70. The average molecular weight is 370 g/mol. The van der Waals surface area contributed by atoms with Gasteiger partial charge in [0.2, 0.25) is 0 Å². The number of rotatable bonds is 4. The van der Waals surface area contributed by atoms with Crippen molar-refractivity contribution in [2.24, 2.45) is 0 Å². The van der Waals surface area contributed by atoms with Gasteiger partial charge in [-0.15, -0.1) is 0 Å². The molecule has 28 heavy (non-hydrogen) atoms. The number of aromatic hydroxyl groups is 1. The molecular formula is C24H18O4. The van der Waals surface area contributed by atoms with Crippen LogP contribution in [0.1, 0.15) is 49.9 Å². The summed E-state index contributed by atoms with van der Waals surface area (Å²) in [5, 5.41) is 10.1. The Kier molecular flexibility index (Phi) is 4.53. The number of hydrogen-bond donors (Lipinski definition) is 1. The highest BCUT2D eigenvalue weighted by Crippen LogP contribution is 2.39. The smallest absolute Gasteiger partial charge is 0.198 e. The van der Waals surface area contributed by atoms with Crippen LogP contribution in [0.15, 0.2) is 66.7 Å². The quantitative estimate of drug-likeness (QED) is 0.561. The van der Waals surface area contributed by atoms with Crippen molar-refractivity contribution in [2.75, 3.05) is 0 Å². The zero-order valence-electron chi connectivity index (χ0n) is 15.3. The molecular weight excluding hydrogens is 352 g/mol. The molecule has 0 saturated heterocycles. The SMILES string of the molecule is C/C=C/c1ccc2c(c1OCc1ccccc1)C(=O)c1cccc(O)c1C2=O. The number of allylic oxidation sites excluding steroid dienone is 1. The number of carbonyl (C=O) groups excluding carboxylic acids is 2. The topological polar surface area (TPSA) is 63.6 Å². The number of carbonyl (C=O) groups is 2. The molecule has 0 fully saturated rings. The van der Waals surface area contributed by atoms with E-state index >= 15 is 0 Å². The minimum Gasteiger partial charge on any atom is -0.507 e. The summed E-state index contributed by atoms with van der Waals surface area (Å²) in [6.45, 7) is 2.15. The molecule has 4 nitrogen and oxygen atoms in total. The molecule has 0 unspecified atom stereocenters. The number of fused-ring (bicyclic) bond motifs is 2. The van der Waals surface area contributed by atoms with E-state index in [9.17, 15) is 14.7 Å². The highest BCUT2D eigenvalue weighted by atomic mass is 16.5. The van der Waals surface area contributed by atoms with Gasteiger partial charge in [0.1, 0.15) is 18.1 Å². The molecule has 0 aliphatic heterocycles.